The van der Waals surface area contributed by atoms with Crippen LogP contribution in [0.1, 0.15) is 26.5 Å². The molecule has 1 amide bonds. The number of nitriles is 1. The first-order chi connectivity index (χ1) is 8.52. The normalized spacial score (nSPS) is 11.7. The van der Waals surface area contributed by atoms with Crippen LogP contribution < -0.4 is 10.6 Å². The third-order valence-corrected chi connectivity index (χ3v) is 2.34. The quantitative estimate of drug-likeness (QED) is 0.825. The van der Waals surface area contributed by atoms with E-state index in [1.807, 2.05) is 19.9 Å². The molecule has 0 aliphatic carbocycles. The molecular formula is C13H18N4O. The number of nitrogens with zero attached hydrogens (tertiary/aromatic N) is 2. The van der Waals surface area contributed by atoms with Gasteiger partial charge in [0.2, 0.25) is 5.91 Å². The summed E-state index contributed by atoms with van der Waals surface area (Å²) >= 11 is 0. The van der Waals surface area contributed by atoms with Crippen molar-refractivity contribution in [3.63, 3.8) is 0 Å². The van der Waals surface area contributed by atoms with E-state index >= 15 is 0 Å². The highest BCUT2D eigenvalue weighted by molar-refractivity contribution is 5.84. The highest BCUT2D eigenvalue weighted by atomic mass is 16.2. The molecule has 1 heterocycles. The van der Waals surface area contributed by atoms with Crippen molar-refractivity contribution in [1.82, 2.24) is 10.3 Å². The summed E-state index contributed by atoms with van der Waals surface area (Å²) < 4.78 is 0. The van der Waals surface area contributed by atoms with E-state index in [2.05, 4.69) is 15.6 Å². The Morgan fingerprint density at radius 1 is 1.50 bits per heavy atom. The molecule has 0 bridgehead atoms. The third kappa shape index (κ3) is 4.42. The zero-order valence-electron chi connectivity index (χ0n) is 10.9. The second-order valence-electron chi connectivity index (χ2n) is 4.55. The van der Waals surface area contributed by atoms with E-state index in [1.165, 1.54) is 0 Å². The standard InChI is InChI=1S/C13H18N4O/c1-9(2)8-16-13(18)10(3)17-11-4-5-15-12(6-11)7-14/h4-6,9-10H,8H2,1-3H3,(H,15,17)(H,16,18). The smallest absolute Gasteiger partial charge is 0.242 e. The lowest BCUT2D eigenvalue weighted by Gasteiger charge is -2.16. The molecule has 1 aromatic heterocycles. The van der Waals surface area contributed by atoms with Crippen LogP contribution in [-0.2, 0) is 4.79 Å². The molecule has 1 unspecified atom stereocenters. The van der Waals surface area contributed by atoms with Crippen molar-refractivity contribution in [1.29, 1.82) is 5.26 Å². The van der Waals surface area contributed by atoms with Crippen molar-refractivity contribution in [2.75, 3.05) is 11.9 Å². The van der Waals surface area contributed by atoms with Gasteiger partial charge in [-0.15, -0.1) is 0 Å². The van der Waals surface area contributed by atoms with Crippen LogP contribution >= 0.6 is 0 Å². The van der Waals surface area contributed by atoms with E-state index in [4.69, 9.17) is 5.26 Å². The zero-order valence-corrected chi connectivity index (χ0v) is 10.9. The highest BCUT2D eigenvalue weighted by Gasteiger charge is 2.12. The van der Waals surface area contributed by atoms with Gasteiger partial charge >= 0.3 is 0 Å². The number of rotatable bonds is 5. The molecule has 0 aromatic carbocycles. The molecule has 96 valence electrons. The number of carbonyl (C=O) groups excluding carboxylic acids is 1. The number of aromatic nitrogens is 1. The molecule has 5 nitrogen and oxygen atoms in total. The van der Waals surface area contributed by atoms with Crippen molar-refractivity contribution < 1.29 is 4.79 Å². The van der Waals surface area contributed by atoms with Crippen molar-refractivity contribution in [2.24, 2.45) is 5.92 Å². The Kier molecular flexibility index (Phi) is 5.12. The Labute approximate surface area is 107 Å². The minimum Gasteiger partial charge on any atom is -0.374 e. The van der Waals surface area contributed by atoms with Crippen LogP contribution in [0.15, 0.2) is 18.3 Å². The lowest BCUT2D eigenvalue weighted by atomic mass is 10.2. The predicted molar refractivity (Wildman–Crippen MR) is 69.9 cm³/mol. The Balaban J connectivity index is 2.55. The summed E-state index contributed by atoms with van der Waals surface area (Å²) in [5.41, 5.74) is 1.04. The maximum absolute atomic E-state index is 11.8. The number of carbonyl (C=O) groups is 1. The van der Waals surface area contributed by atoms with E-state index in [0.29, 0.717) is 23.8 Å². The van der Waals surface area contributed by atoms with Crippen molar-refractivity contribution in [3.05, 3.63) is 24.0 Å². The van der Waals surface area contributed by atoms with Gasteiger partial charge in [0, 0.05) is 18.4 Å². The molecule has 0 radical (unpaired) electrons. The first-order valence-electron chi connectivity index (χ1n) is 5.93. The SMILES string of the molecule is CC(C)CNC(=O)C(C)Nc1ccnc(C#N)c1. The fourth-order valence-electron chi connectivity index (χ4n) is 1.35. The summed E-state index contributed by atoms with van der Waals surface area (Å²) in [5, 5.41) is 14.6. The molecule has 5 heteroatoms. The molecule has 0 fully saturated rings. The monoisotopic (exact) mass is 246 g/mol. The molecular weight excluding hydrogens is 228 g/mol. The summed E-state index contributed by atoms with van der Waals surface area (Å²) in [6, 6.07) is 4.96. The first-order valence-corrected chi connectivity index (χ1v) is 5.93. The minimum absolute atomic E-state index is 0.0565. The third-order valence-electron chi connectivity index (χ3n) is 2.34. The summed E-state index contributed by atoms with van der Waals surface area (Å²) in [6.07, 6.45) is 1.54. The number of pyridine rings is 1. The highest BCUT2D eigenvalue weighted by Crippen LogP contribution is 2.08. The van der Waals surface area contributed by atoms with Crippen LogP contribution in [0.2, 0.25) is 0 Å². The van der Waals surface area contributed by atoms with Crippen molar-refractivity contribution >= 4 is 11.6 Å². The van der Waals surface area contributed by atoms with E-state index in [-0.39, 0.29) is 11.9 Å². The van der Waals surface area contributed by atoms with Gasteiger partial charge in [-0.2, -0.15) is 5.26 Å². The van der Waals surface area contributed by atoms with Crippen molar-refractivity contribution in [2.45, 2.75) is 26.8 Å². The van der Waals surface area contributed by atoms with Gasteiger partial charge < -0.3 is 10.6 Å². The largest absolute Gasteiger partial charge is 0.374 e. The van der Waals surface area contributed by atoms with E-state index in [0.717, 1.165) is 0 Å². The van der Waals surface area contributed by atoms with Crippen LogP contribution in [0.25, 0.3) is 0 Å². The second kappa shape index (κ2) is 6.60. The molecule has 1 rings (SSSR count). The van der Waals surface area contributed by atoms with Gasteiger partial charge in [0.25, 0.3) is 0 Å². The Hall–Kier alpha value is -2.09. The van der Waals surface area contributed by atoms with Crippen LogP contribution in [0.3, 0.4) is 0 Å². The fourth-order valence-corrected chi connectivity index (χ4v) is 1.35. The number of hydrogen-bond acceptors (Lipinski definition) is 4. The average molecular weight is 246 g/mol. The Bertz CT molecular complexity index is 451. The van der Waals surface area contributed by atoms with Crippen LogP contribution in [0.4, 0.5) is 5.69 Å². The minimum atomic E-state index is -0.349. The number of hydrogen-bond donors (Lipinski definition) is 2. The van der Waals surface area contributed by atoms with Crippen LogP contribution in [0, 0.1) is 17.2 Å². The summed E-state index contributed by atoms with van der Waals surface area (Å²) in [6.45, 7) is 6.52. The summed E-state index contributed by atoms with van der Waals surface area (Å²) in [7, 11) is 0. The number of anilines is 1. The molecule has 18 heavy (non-hydrogen) atoms. The fraction of sp³-hybridized carbons (Fsp3) is 0.462. The van der Waals surface area contributed by atoms with Gasteiger partial charge in [-0.25, -0.2) is 4.98 Å². The van der Waals surface area contributed by atoms with Gasteiger partial charge in [-0.3, -0.25) is 4.79 Å². The average Bonchev–Trinajstić information content (AvgIpc) is 2.36. The van der Waals surface area contributed by atoms with Crippen LogP contribution in [-0.4, -0.2) is 23.5 Å². The molecule has 1 atom stereocenters. The van der Waals surface area contributed by atoms with E-state index < -0.39 is 0 Å². The molecule has 2 N–H and O–H groups in total. The Morgan fingerprint density at radius 2 is 2.22 bits per heavy atom. The number of amides is 1. The topological polar surface area (TPSA) is 77.8 Å². The zero-order chi connectivity index (χ0) is 13.5. The molecule has 0 aliphatic rings. The van der Waals surface area contributed by atoms with Crippen molar-refractivity contribution in [3.8, 4) is 6.07 Å². The van der Waals surface area contributed by atoms with Gasteiger partial charge in [-0.05, 0) is 25.0 Å². The summed E-state index contributed by atoms with van der Waals surface area (Å²) in [4.78, 5) is 15.6. The molecule has 0 saturated heterocycles. The van der Waals surface area contributed by atoms with Gasteiger partial charge in [0.05, 0.1) is 0 Å². The van der Waals surface area contributed by atoms with E-state index in [1.54, 1.807) is 25.3 Å². The van der Waals surface area contributed by atoms with Crippen LogP contribution in [0.5, 0.6) is 0 Å². The summed E-state index contributed by atoms with van der Waals surface area (Å²) in [5.74, 6) is 0.367. The predicted octanol–water partition coefficient (Wildman–Crippen LogP) is 1.53. The lowest BCUT2D eigenvalue weighted by Crippen LogP contribution is -2.39. The first kappa shape index (κ1) is 14.0. The van der Waals surface area contributed by atoms with Gasteiger partial charge in [-0.1, -0.05) is 13.8 Å². The second-order valence-corrected chi connectivity index (χ2v) is 4.55. The lowest BCUT2D eigenvalue weighted by molar-refractivity contribution is -0.121. The van der Waals surface area contributed by atoms with Gasteiger partial charge in [0.15, 0.2) is 0 Å². The maximum Gasteiger partial charge on any atom is 0.242 e. The maximum atomic E-state index is 11.8. The molecule has 0 aliphatic heterocycles. The number of nitrogens with one attached hydrogen (secondary N) is 2. The molecule has 1 aromatic rings. The Morgan fingerprint density at radius 3 is 2.83 bits per heavy atom. The van der Waals surface area contributed by atoms with E-state index in [9.17, 15) is 4.79 Å². The molecule has 0 saturated carbocycles. The molecule has 0 spiro atoms. The van der Waals surface area contributed by atoms with Gasteiger partial charge in [0.1, 0.15) is 17.8 Å².